The van der Waals surface area contributed by atoms with Crippen molar-refractivity contribution < 1.29 is 31.2 Å². The van der Waals surface area contributed by atoms with Crippen LogP contribution in [0.2, 0.25) is 0 Å². The van der Waals surface area contributed by atoms with Crippen LogP contribution in [-0.4, -0.2) is 69.1 Å². The number of nitrogens with zero attached hydrogens (tertiary/aromatic N) is 2. The number of alkyl halides is 3. The Morgan fingerprint density at radius 3 is 2.61 bits per heavy atom. The molecule has 0 atom stereocenters. The number of nitrogens with one attached hydrogen (secondary N) is 2. The second-order valence-electron chi connectivity index (χ2n) is 6.52. The topological polar surface area (TPSA) is 98.8 Å². The van der Waals surface area contributed by atoms with Crippen LogP contribution in [0.15, 0.2) is 23.1 Å². The normalized spacial score (nSPS) is 17.5. The molecular formula is C16H19F3N4O4S. The molecule has 2 heterocycles. The first-order chi connectivity index (χ1) is 13.1. The fourth-order valence-electron chi connectivity index (χ4n) is 3.18. The highest BCUT2D eigenvalue weighted by Gasteiger charge is 2.43. The van der Waals surface area contributed by atoms with E-state index in [4.69, 9.17) is 0 Å². The number of benzene rings is 1. The van der Waals surface area contributed by atoms with Crippen molar-refractivity contribution >= 4 is 22.0 Å². The first-order valence-electron chi connectivity index (χ1n) is 8.58. The van der Waals surface area contributed by atoms with Crippen molar-refractivity contribution in [3.63, 3.8) is 0 Å². The molecule has 1 fully saturated rings. The minimum Gasteiger partial charge on any atom is -0.336 e. The number of carbonyl (C=O) groups excluding carboxylic acids is 2. The Labute approximate surface area is 159 Å². The number of rotatable bonds is 5. The van der Waals surface area contributed by atoms with Crippen LogP contribution in [0, 0.1) is 0 Å². The van der Waals surface area contributed by atoms with Crippen LogP contribution in [0.4, 0.5) is 18.0 Å². The molecule has 0 unspecified atom stereocenters. The average molecular weight is 420 g/mol. The quantitative estimate of drug-likeness (QED) is 0.722. The zero-order valence-electron chi connectivity index (χ0n) is 14.8. The van der Waals surface area contributed by atoms with Crippen molar-refractivity contribution in [3.8, 4) is 0 Å². The van der Waals surface area contributed by atoms with E-state index in [1.54, 1.807) is 6.07 Å². The summed E-state index contributed by atoms with van der Waals surface area (Å²) in [7, 11) is -3.90. The summed E-state index contributed by atoms with van der Waals surface area (Å²) in [6.45, 7) is 0.819. The summed E-state index contributed by atoms with van der Waals surface area (Å²) < 4.78 is 65.2. The molecule has 2 aliphatic rings. The maximum absolute atomic E-state index is 12.6. The van der Waals surface area contributed by atoms with Gasteiger partial charge in [-0.25, -0.2) is 17.9 Å². The van der Waals surface area contributed by atoms with Gasteiger partial charge in [0.15, 0.2) is 0 Å². The largest absolute Gasteiger partial charge is 0.471 e. The maximum atomic E-state index is 12.6. The Hall–Kier alpha value is -2.34. The molecule has 12 heteroatoms. The van der Waals surface area contributed by atoms with Crippen LogP contribution in [0.5, 0.6) is 0 Å². The van der Waals surface area contributed by atoms with Gasteiger partial charge in [-0.15, -0.1) is 0 Å². The van der Waals surface area contributed by atoms with Crippen LogP contribution in [-0.2, 0) is 27.8 Å². The monoisotopic (exact) mass is 420 g/mol. The lowest BCUT2D eigenvalue weighted by Crippen LogP contribution is -2.43. The van der Waals surface area contributed by atoms with Gasteiger partial charge in [-0.05, 0) is 29.7 Å². The summed E-state index contributed by atoms with van der Waals surface area (Å²) in [5.74, 6) is -1.94. The standard InChI is InChI=1S/C16H19F3N4O4S/c17-16(18,19)14(24)23-6-3-11-1-2-13(9-12(11)10-23)28(26,27)21-5-8-22-7-4-20-15(22)25/h1-2,9,21H,3-8,10H2,(H,20,25). The van der Waals surface area contributed by atoms with E-state index in [1.165, 1.54) is 17.0 Å². The number of urea groups is 1. The molecule has 154 valence electrons. The third-order valence-electron chi connectivity index (χ3n) is 4.65. The third-order valence-corrected chi connectivity index (χ3v) is 6.11. The summed E-state index contributed by atoms with van der Waals surface area (Å²) in [5, 5.41) is 2.60. The van der Waals surface area contributed by atoms with Crippen molar-refractivity contribution in [2.75, 3.05) is 32.7 Å². The summed E-state index contributed by atoms with van der Waals surface area (Å²) in [6.07, 6.45) is -4.75. The van der Waals surface area contributed by atoms with Crippen LogP contribution in [0.1, 0.15) is 11.1 Å². The van der Waals surface area contributed by atoms with E-state index in [0.29, 0.717) is 29.1 Å². The van der Waals surface area contributed by atoms with Gasteiger partial charge in [0, 0.05) is 39.3 Å². The van der Waals surface area contributed by atoms with Crippen LogP contribution in [0.25, 0.3) is 0 Å². The van der Waals surface area contributed by atoms with Crippen molar-refractivity contribution in [2.24, 2.45) is 0 Å². The van der Waals surface area contributed by atoms with Crippen LogP contribution < -0.4 is 10.0 Å². The van der Waals surface area contributed by atoms with E-state index in [9.17, 15) is 31.2 Å². The van der Waals surface area contributed by atoms with Crippen molar-refractivity contribution in [1.82, 2.24) is 19.8 Å². The van der Waals surface area contributed by atoms with Gasteiger partial charge < -0.3 is 15.1 Å². The average Bonchev–Trinajstić information content (AvgIpc) is 3.04. The molecule has 3 rings (SSSR count). The molecule has 8 nitrogen and oxygen atoms in total. The molecule has 0 radical (unpaired) electrons. The smallest absolute Gasteiger partial charge is 0.336 e. The van der Waals surface area contributed by atoms with E-state index in [-0.39, 0.29) is 43.5 Å². The van der Waals surface area contributed by atoms with Crippen molar-refractivity contribution in [2.45, 2.75) is 24.0 Å². The Balaban J connectivity index is 1.68. The van der Waals surface area contributed by atoms with Crippen molar-refractivity contribution in [3.05, 3.63) is 29.3 Å². The van der Waals surface area contributed by atoms with E-state index in [0.717, 1.165) is 0 Å². The fourth-order valence-corrected chi connectivity index (χ4v) is 4.25. The molecule has 2 aliphatic heterocycles. The molecule has 0 aliphatic carbocycles. The Morgan fingerprint density at radius 2 is 1.96 bits per heavy atom. The number of fused-ring (bicyclic) bond motifs is 1. The predicted octanol–water partition coefficient (Wildman–Crippen LogP) is 0.437. The van der Waals surface area contributed by atoms with Gasteiger partial charge in [0.05, 0.1) is 4.90 Å². The third kappa shape index (κ3) is 4.38. The number of sulfonamides is 1. The SMILES string of the molecule is O=C1NCCN1CCNS(=O)(=O)c1ccc2c(c1)CN(C(=O)C(F)(F)F)CC2. The predicted molar refractivity (Wildman–Crippen MR) is 91.8 cm³/mol. The second-order valence-corrected chi connectivity index (χ2v) is 8.29. The lowest BCUT2D eigenvalue weighted by Gasteiger charge is -2.29. The van der Waals surface area contributed by atoms with E-state index in [2.05, 4.69) is 10.0 Å². The molecule has 0 spiro atoms. The summed E-state index contributed by atoms with van der Waals surface area (Å²) in [6, 6.07) is 3.95. The number of halogens is 3. The minimum atomic E-state index is -4.97. The molecule has 0 bridgehead atoms. The van der Waals surface area contributed by atoms with Gasteiger partial charge in [-0.2, -0.15) is 13.2 Å². The molecule has 2 N–H and O–H groups in total. The zero-order chi connectivity index (χ0) is 20.5. The zero-order valence-corrected chi connectivity index (χ0v) is 15.6. The first-order valence-corrected chi connectivity index (χ1v) is 10.1. The van der Waals surface area contributed by atoms with Gasteiger partial charge >= 0.3 is 18.1 Å². The molecular weight excluding hydrogens is 401 g/mol. The second kappa shape index (κ2) is 7.59. The van der Waals surface area contributed by atoms with Gasteiger partial charge in [0.25, 0.3) is 0 Å². The van der Waals surface area contributed by atoms with E-state index < -0.39 is 22.1 Å². The summed E-state index contributed by atoms with van der Waals surface area (Å²) in [5.41, 5.74) is 1.07. The maximum Gasteiger partial charge on any atom is 0.471 e. The van der Waals surface area contributed by atoms with Crippen molar-refractivity contribution in [1.29, 1.82) is 0 Å². The summed E-state index contributed by atoms with van der Waals surface area (Å²) >= 11 is 0. The van der Waals surface area contributed by atoms with E-state index >= 15 is 0 Å². The number of hydrogen-bond donors (Lipinski definition) is 2. The number of carbonyl (C=O) groups is 2. The highest BCUT2D eigenvalue weighted by atomic mass is 32.2. The van der Waals surface area contributed by atoms with Gasteiger partial charge in [0.2, 0.25) is 10.0 Å². The Bertz CT molecular complexity index is 888. The number of hydrogen-bond acceptors (Lipinski definition) is 4. The summed E-state index contributed by atoms with van der Waals surface area (Å²) in [4.78, 5) is 24.9. The highest BCUT2D eigenvalue weighted by molar-refractivity contribution is 7.89. The molecule has 1 aromatic rings. The first kappa shape index (κ1) is 20.4. The lowest BCUT2D eigenvalue weighted by molar-refractivity contribution is -0.186. The molecule has 1 saturated heterocycles. The van der Waals surface area contributed by atoms with E-state index in [1.807, 2.05) is 0 Å². The van der Waals surface area contributed by atoms with Gasteiger partial charge in [0.1, 0.15) is 0 Å². The molecule has 1 aromatic carbocycles. The molecule has 28 heavy (non-hydrogen) atoms. The molecule has 0 saturated carbocycles. The van der Waals surface area contributed by atoms with Crippen LogP contribution >= 0.6 is 0 Å². The molecule has 3 amide bonds. The Kier molecular flexibility index (Phi) is 5.53. The van der Waals surface area contributed by atoms with Gasteiger partial charge in [-0.3, -0.25) is 4.79 Å². The lowest BCUT2D eigenvalue weighted by atomic mass is 10.00. The Morgan fingerprint density at radius 1 is 1.21 bits per heavy atom. The molecule has 0 aromatic heterocycles. The fraction of sp³-hybridized carbons (Fsp3) is 0.500. The highest BCUT2D eigenvalue weighted by Crippen LogP contribution is 2.26. The minimum absolute atomic E-state index is 0.00548. The van der Waals surface area contributed by atoms with Crippen LogP contribution in [0.3, 0.4) is 0 Å². The van der Waals surface area contributed by atoms with Gasteiger partial charge in [-0.1, -0.05) is 6.07 Å². The number of amides is 3.